The number of imide groups is 1. The predicted octanol–water partition coefficient (Wildman–Crippen LogP) is 7.02. The van der Waals surface area contributed by atoms with Crippen LogP contribution in [-0.2, 0) is 0 Å². The van der Waals surface area contributed by atoms with Crippen molar-refractivity contribution in [2.24, 2.45) is 0 Å². The molecule has 10 heteroatoms. The number of rotatable bonds is 1. The highest BCUT2D eigenvalue weighted by molar-refractivity contribution is 6.54. The maximum atomic E-state index is 12.4. The molecule has 0 radical (unpaired) electrons. The van der Waals surface area contributed by atoms with E-state index in [-0.39, 0.29) is 52.4 Å². The highest BCUT2D eigenvalue weighted by atomic mass is 35.5. The van der Waals surface area contributed by atoms with Crippen molar-refractivity contribution in [2.75, 3.05) is 0 Å². The summed E-state index contributed by atoms with van der Waals surface area (Å²) in [6.45, 7) is 0. The van der Waals surface area contributed by atoms with E-state index in [0.29, 0.717) is 4.42 Å². The maximum Gasteiger partial charge on any atom is 0.278 e. The van der Waals surface area contributed by atoms with E-state index >= 15 is 0 Å². The molecule has 1 aliphatic rings. The van der Waals surface area contributed by atoms with Crippen LogP contribution in [0.25, 0.3) is 11.1 Å². The molecular formula is C14H2Cl7NO2. The van der Waals surface area contributed by atoms with Crippen molar-refractivity contribution < 1.29 is 9.59 Å². The van der Waals surface area contributed by atoms with Crippen LogP contribution in [0, 0.1) is 0 Å². The average molecular weight is 464 g/mol. The van der Waals surface area contributed by atoms with Gasteiger partial charge in [-0.05, 0) is 6.07 Å². The van der Waals surface area contributed by atoms with Crippen LogP contribution in [0.15, 0.2) is 12.1 Å². The highest BCUT2D eigenvalue weighted by Crippen LogP contribution is 2.50. The van der Waals surface area contributed by atoms with Crippen molar-refractivity contribution in [3.8, 4) is 11.1 Å². The van der Waals surface area contributed by atoms with Crippen molar-refractivity contribution >= 4 is 93.2 Å². The van der Waals surface area contributed by atoms with E-state index in [1.165, 1.54) is 12.1 Å². The molecule has 0 atom stereocenters. The quantitative estimate of drug-likeness (QED) is 0.258. The number of carbonyl (C=O) groups is 2. The second-order valence-electron chi connectivity index (χ2n) is 4.68. The summed E-state index contributed by atoms with van der Waals surface area (Å²) in [5.74, 6) is -1.60. The number of halogens is 7. The topological polar surface area (TPSA) is 37.4 Å². The minimum atomic E-state index is -0.808. The van der Waals surface area contributed by atoms with Gasteiger partial charge < -0.3 is 0 Å². The number of hydrogen-bond donors (Lipinski definition) is 0. The summed E-state index contributed by atoms with van der Waals surface area (Å²) in [6, 6.07) is 2.97. The first-order chi connectivity index (χ1) is 11.2. The highest BCUT2D eigenvalue weighted by Gasteiger charge is 2.42. The average Bonchev–Trinajstić information content (AvgIpc) is 2.77. The molecule has 2 aromatic rings. The van der Waals surface area contributed by atoms with Gasteiger partial charge in [-0.2, -0.15) is 4.42 Å². The number of fused-ring (bicyclic) bond motifs is 1. The second-order valence-corrected chi connectivity index (χ2v) is 7.32. The van der Waals surface area contributed by atoms with Gasteiger partial charge in [0.15, 0.2) is 0 Å². The molecule has 0 aromatic heterocycles. The van der Waals surface area contributed by atoms with Crippen molar-refractivity contribution in [2.45, 2.75) is 0 Å². The molecule has 124 valence electrons. The summed E-state index contributed by atoms with van der Waals surface area (Å²) < 4.78 is 0.401. The van der Waals surface area contributed by atoms with E-state index in [4.69, 9.17) is 81.4 Å². The number of nitrogens with zero attached hydrogens (tertiary/aromatic N) is 1. The zero-order chi connectivity index (χ0) is 17.9. The van der Waals surface area contributed by atoms with Crippen LogP contribution in [0.5, 0.6) is 0 Å². The van der Waals surface area contributed by atoms with Gasteiger partial charge in [-0.1, -0.05) is 75.7 Å². The smallest absolute Gasteiger partial charge is 0.267 e. The van der Waals surface area contributed by atoms with E-state index in [1.807, 2.05) is 0 Å². The molecule has 0 saturated carbocycles. The Morgan fingerprint density at radius 2 is 1.17 bits per heavy atom. The van der Waals surface area contributed by atoms with Crippen LogP contribution in [-0.4, -0.2) is 16.2 Å². The largest absolute Gasteiger partial charge is 0.278 e. The molecule has 3 rings (SSSR count). The molecule has 1 aliphatic heterocycles. The molecular weight excluding hydrogens is 462 g/mol. The lowest BCUT2D eigenvalue weighted by molar-refractivity contribution is 0.0767. The van der Waals surface area contributed by atoms with E-state index in [1.54, 1.807) is 0 Å². The fourth-order valence-corrected chi connectivity index (χ4v) is 3.93. The number of benzene rings is 2. The summed E-state index contributed by atoms with van der Waals surface area (Å²) >= 11 is 42.4. The van der Waals surface area contributed by atoms with E-state index in [0.717, 1.165) is 0 Å². The van der Waals surface area contributed by atoms with Gasteiger partial charge in [-0.25, -0.2) is 0 Å². The molecule has 2 aromatic carbocycles. The number of hydrogen-bond acceptors (Lipinski definition) is 2. The van der Waals surface area contributed by atoms with Gasteiger partial charge in [0.25, 0.3) is 11.8 Å². The van der Waals surface area contributed by atoms with Crippen molar-refractivity contribution in [3.63, 3.8) is 0 Å². The number of carbonyl (C=O) groups excluding carboxylic acids is 2. The minimum absolute atomic E-state index is 0.0416. The van der Waals surface area contributed by atoms with E-state index < -0.39 is 11.8 Å². The van der Waals surface area contributed by atoms with Gasteiger partial charge in [0.05, 0.1) is 41.3 Å². The molecule has 0 saturated heterocycles. The fraction of sp³-hybridized carbons (Fsp3) is 0. The molecule has 2 amide bonds. The normalized spacial score (nSPS) is 13.7. The lowest BCUT2D eigenvalue weighted by Crippen LogP contribution is -2.18. The molecule has 0 spiro atoms. The summed E-state index contributed by atoms with van der Waals surface area (Å²) in [5, 5.41) is -0.0277. The third kappa shape index (κ3) is 2.50. The Labute approximate surface area is 171 Å². The monoisotopic (exact) mass is 461 g/mol. The lowest BCUT2D eigenvalue weighted by atomic mass is 9.96. The first-order valence-corrected chi connectivity index (χ1v) is 8.67. The van der Waals surface area contributed by atoms with Gasteiger partial charge in [0, 0.05) is 22.9 Å². The van der Waals surface area contributed by atoms with Crippen LogP contribution < -0.4 is 0 Å². The summed E-state index contributed by atoms with van der Waals surface area (Å²) in [7, 11) is 0. The molecule has 24 heavy (non-hydrogen) atoms. The Morgan fingerprint density at radius 3 is 1.79 bits per heavy atom. The fourth-order valence-electron chi connectivity index (χ4n) is 2.34. The molecule has 1 heterocycles. The summed E-state index contributed by atoms with van der Waals surface area (Å²) in [5.41, 5.74) is 0.114. The van der Waals surface area contributed by atoms with Gasteiger partial charge >= 0.3 is 0 Å². The second kappa shape index (κ2) is 6.40. The first kappa shape index (κ1) is 18.4. The molecule has 0 bridgehead atoms. The Bertz CT molecular complexity index is 942. The lowest BCUT2D eigenvalue weighted by Gasteiger charge is -2.14. The Balaban J connectivity index is 2.48. The van der Waals surface area contributed by atoms with E-state index in [9.17, 15) is 9.59 Å². The molecule has 0 N–H and O–H groups in total. The Morgan fingerprint density at radius 1 is 0.625 bits per heavy atom. The number of amides is 2. The van der Waals surface area contributed by atoms with Crippen molar-refractivity contribution in [3.05, 3.63) is 53.4 Å². The van der Waals surface area contributed by atoms with Crippen LogP contribution in [0.1, 0.15) is 20.7 Å². The third-order valence-electron chi connectivity index (χ3n) is 3.41. The zero-order valence-corrected chi connectivity index (χ0v) is 16.4. The van der Waals surface area contributed by atoms with Gasteiger partial charge in [0.2, 0.25) is 0 Å². The standard InChI is InChI=1S/C14H2Cl7NO2/c15-4-2-1-3(8(16)9(4)17)5-6-7(11(19)12(20)10(5)18)14(24)22(21)13(6)23/h1-2H. The van der Waals surface area contributed by atoms with Gasteiger partial charge in [-0.15, -0.1) is 0 Å². The van der Waals surface area contributed by atoms with Gasteiger partial charge in [0.1, 0.15) is 0 Å². The van der Waals surface area contributed by atoms with Gasteiger partial charge in [-0.3, -0.25) is 9.59 Å². The third-order valence-corrected chi connectivity index (χ3v) is 6.34. The SMILES string of the molecule is O=C1c2c(Cl)c(Cl)c(Cl)c(-c3ccc(Cl)c(Cl)c3Cl)c2C(=O)N1Cl. The maximum absolute atomic E-state index is 12.4. The summed E-state index contributed by atoms with van der Waals surface area (Å²) in [6.07, 6.45) is 0. The van der Waals surface area contributed by atoms with Crippen LogP contribution in [0.3, 0.4) is 0 Å². The van der Waals surface area contributed by atoms with Crippen LogP contribution in [0.2, 0.25) is 30.1 Å². The van der Waals surface area contributed by atoms with Crippen molar-refractivity contribution in [1.29, 1.82) is 0 Å². The van der Waals surface area contributed by atoms with Crippen LogP contribution in [0.4, 0.5) is 0 Å². The first-order valence-electron chi connectivity index (χ1n) is 6.07. The Hall–Kier alpha value is -0.390. The molecule has 0 unspecified atom stereocenters. The Kier molecular flexibility index (Phi) is 4.91. The predicted molar refractivity (Wildman–Crippen MR) is 98.3 cm³/mol. The molecule has 3 nitrogen and oxygen atoms in total. The zero-order valence-electron chi connectivity index (χ0n) is 11.1. The van der Waals surface area contributed by atoms with E-state index in [2.05, 4.69) is 0 Å². The molecule has 0 aliphatic carbocycles. The van der Waals surface area contributed by atoms with Crippen LogP contribution >= 0.6 is 81.4 Å². The molecule has 0 fully saturated rings. The minimum Gasteiger partial charge on any atom is -0.267 e. The summed E-state index contributed by atoms with van der Waals surface area (Å²) in [4.78, 5) is 24.6. The van der Waals surface area contributed by atoms with Crippen molar-refractivity contribution in [1.82, 2.24) is 4.42 Å².